The van der Waals surface area contributed by atoms with E-state index in [-0.39, 0.29) is 12.6 Å². The van der Waals surface area contributed by atoms with Crippen molar-refractivity contribution in [2.24, 2.45) is 16.6 Å². The number of nitrogens with two attached hydrogens (primary N) is 1. The van der Waals surface area contributed by atoms with Gasteiger partial charge in [0.1, 0.15) is 18.2 Å². The van der Waals surface area contributed by atoms with Crippen LogP contribution < -0.4 is 15.8 Å². The van der Waals surface area contributed by atoms with E-state index >= 15 is 0 Å². The smallest absolute Gasteiger partial charge is 0.309 e. The molecule has 1 fully saturated rings. The van der Waals surface area contributed by atoms with Gasteiger partial charge in [-0.25, -0.2) is 0 Å². The number of carboxylic acids is 1. The maximum absolute atomic E-state index is 10.7. The number of piperidine rings is 1. The monoisotopic (exact) mass is 305 g/mol. The molecular formula is C16H23N3O3. The summed E-state index contributed by atoms with van der Waals surface area (Å²) in [7, 11) is 0. The quantitative estimate of drug-likeness (QED) is 0.543. The molecule has 0 radical (unpaired) electrons. The van der Waals surface area contributed by atoms with Gasteiger partial charge in [-0.3, -0.25) is 9.79 Å². The highest BCUT2D eigenvalue weighted by molar-refractivity contribution is 5.97. The Balaban J connectivity index is 1.93. The fourth-order valence-electron chi connectivity index (χ4n) is 2.23. The van der Waals surface area contributed by atoms with Crippen molar-refractivity contribution in [1.82, 2.24) is 5.32 Å². The fourth-order valence-corrected chi connectivity index (χ4v) is 2.23. The Labute approximate surface area is 130 Å². The van der Waals surface area contributed by atoms with Crippen LogP contribution in [0.4, 0.5) is 0 Å². The van der Waals surface area contributed by atoms with Crippen LogP contribution in [0.15, 0.2) is 29.3 Å². The molecule has 2 unspecified atom stereocenters. The number of aliphatic carboxylic acids is 1. The molecule has 22 heavy (non-hydrogen) atoms. The number of nitrogens with zero attached hydrogens (tertiary/aromatic N) is 1. The number of amidine groups is 1. The normalized spacial score (nSPS) is 20.4. The van der Waals surface area contributed by atoms with Crippen molar-refractivity contribution in [3.63, 3.8) is 0 Å². The van der Waals surface area contributed by atoms with Crippen molar-refractivity contribution in [1.29, 1.82) is 0 Å². The van der Waals surface area contributed by atoms with E-state index in [2.05, 4.69) is 10.3 Å². The minimum absolute atomic E-state index is 0.145. The van der Waals surface area contributed by atoms with Crippen LogP contribution in [-0.2, 0) is 4.79 Å². The van der Waals surface area contributed by atoms with Gasteiger partial charge in [0.05, 0.1) is 12.0 Å². The van der Waals surface area contributed by atoms with E-state index in [1.807, 2.05) is 12.1 Å². The van der Waals surface area contributed by atoms with Gasteiger partial charge in [-0.15, -0.1) is 0 Å². The van der Waals surface area contributed by atoms with Crippen LogP contribution in [0.5, 0.6) is 5.75 Å². The number of hydrogen-bond acceptors (Lipinski definition) is 4. The molecule has 6 nitrogen and oxygen atoms in total. The van der Waals surface area contributed by atoms with Gasteiger partial charge in [-0.05, 0) is 50.6 Å². The van der Waals surface area contributed by atoms with Crippen molar-refractivity contribution in [2.75, 3.05) is 19.7 Å². The summed E-state index contributed by atoms with van der Waals surface area (Å²) in [5, 5.41) is 12.1. The van der Waals surface area contributed by atoms with Crippen molar-refractivity contribution in [2.45, 2.75) is 25.8 Å². The lowest BCUT2D eigenvalue weighted by Crippen LogP contribution is -2.34. The maximum Gasteiger partial charge on any atom is 0.309 e. The van der Waals surface area contributed by atoms with Gasteiger partial charge in [-0.1, -0.05) is 0 Å². The molecule has 0 bridgehead atoms. The van der Waals surface area contributed by atoms with Crippen LogP contribution in [0.2, 0.25) is 0 Å². The fraction of sp³-hybridized carbons (Fsp3) is 0.500. The lowest BCUT2D eigenvalue weighted by atomic mass is 10.1. The second-order valence-electron chi connectivity index (χ2n) is 5.59. The molecule has 1 aromatic rings. The molecule has 1 aliphatic heterocycles. The Hall–Kier alpha value is -2.08. The van der Waals surface area contributed by atoms with E-state index in [1.165, 1.54) is 0 Å². The molecule has 2 atom stereocenters. The highest BCUT2D eigenvalue weighted by Gasteiger charge is 2.13. The summed E-state index contributed by atoms with van der Waals surface area (Å²) in [6, 6.07) is 7.49. The minimum Gasteiger partial charge on any atom is -0.493 e. The number of carboxylic acid groups (broad SMARTS) is 1. The molecule has 0 spiro atoms. The first kappa shape index (κ1) is 16.3. The largest absolute Gasteiger partial charge is 0.493 e. The molecule has 120 valence electrons. The van der Waals surface area contributed by atoms with Gasteiger partial charge in [0.25, 0.3) is 0 Å². The molecule has 0 amide bonds. The summed E-state index contributed by atoms with van der Waals surface area (Å²) in [5.74, 6) is -0.248. The first-order chi connectivity index (χ1) is 10.6. The molecular weight excluding hydrogens is 282 g/mol. The van der Waals surface area contributed by atoms with Gasteiger partial charge in [-0.2, -0.15) is 0 Å². The summed E-state index contributed by atoms with van der Waals surface area (Å²) < 4.78 is 5.44. The van der Waals surface area contributed by atoms with Crippen molar-refractivity contribution in [3.8, 4) is 5.75 Å². The van der Waals surface area contributed by atoms with Crippen molar-refractivity contribution in [3.05, 3.63) is 29.8 Å². The van der Waals surface area contributed by atoms with Gasteiger partial charge in [0, 0.05) is 12.1 Å². The van der Waals surface area contributed by atoms with Crippen LogP contribution in [0.25, 0.3) is 0 Å². The van der Waals surface area contributed by atoms with E-state index in [0.29, 0.717) is 11.6 Å². The number of benzene rings is 1. The Morgan fingerprint density at radius 1 is 1.50 bits per heavy atom. The Morgan fingerprint density at radius 2 is 2.23 bits per heavy atom. The van der Waals surface area contributed by atoms with Crippen LogP contribution in [0, 0.1) is 5.92 Å². The molecule has 4 N–H and O–H groups in total. The van der Waals surface area contributed by atoms with E-state index in [4.69, 9.17) is 15.6 Å². The van der Waals surface area contributed by atoms with Crippen molar-refractivity contribution >= 4 is 11.8 Å². The number of ether oxygens (including phenoxy) is 1. The lowest BCUT2D eigenvalue weighted by molar-refractivity contribution is -0.142. The molecule has 0 aromatic heterocycles. The first-order valence-corrected chi connectivity index (χ1v) is 7.56. The average molecular weight is 305 g/mol. The second kappa shape index (κ2) is 7.79. The number of aliphatic imine (C=N–C) groups is 1. The summed E-state index contributed by atoms with van der Waals surface area (Å²) in [5.41, 5.74) is 6.89. The minimum atomic E-state index is -0.867. The Morgan fingerprint density at radius 3 is 2.82 bits per heavy atom. The van der Waals surface area contributed by atoms with Crippen LogP contribution >= 0.6 is 0 Å². The molecule has 1 heterocycles. The zero-order valence-electron chi connectivity index (χ0n) is 12.8. The maximum atomic E-state index is 10.7. The third-order valence-corrected chi connectivity index (χ3v) is 3.66. The van der Waals surface area contributed by atoms with E-state index < -0.39 is 11.9 Å². The highest BCUT2D eigenvalue weighted by atomic mass is 16.5. The second-order valence-corrected chi connectivity index (χ2v) is 5.59. The van der Waals surface area contributed by atoms with E-state index in [9.17, 15) is 4.79 Å². The van der Waals surface area contributed by atoms with E-state index in [0.717, 1.165) is 31.5 Å². The third-order valence-electron chi connectivity index (χ3n) is 3.66. The highest BCUT2D eigenvalue weighted by Crippen LogP contribution is 2.14. The number of nitrogens with one attached hydrogen (secondary N) is 1. The van der Waals surface area contributed by atoms with Crippen molar-refractivity contribution < 1.29 is 14.6 Å². The summed E-state index contributed by atoms with van der Waals surface area (Å²) >= 11 is 0. The number of rotatable bonds is 6. The molecule has 1 saturated heterocycles. The molecule has 6 heteroatoms. The molecule has 0 aliphatic carbocycles. The number of carbonyl (C=O) groups is 1. The summed E-state index contributed by atoms with van der Waals surface area (Å²) in [6.45, 7) is 3.67. The lowest BCUT2D eigenvalue weighted by Gasteiger charge is -2.19. The first-order valence-electron chi connectivity index (χ1n) is 7.56. The van der Waals surface area contributed by atoms with Crippen LogP contribution in [0.3, 0.4) is 0 Å². The van der Waals surface area contributed by atoms with Gasteiger partial charge in [0.2, 0.25) is 0 Å². The Bertz CT molecular complexity index is 522. The predicted octanol–water partition coefficient (Wildman–Crippen LogP) is 1.24. The average Bonchev–Trinajstić information content (AvgIpc) is 2.54. The SMILES string of the molecule is CC(COc1ccc(C(N)=NC2CCCNC2)cc1)C(=O)O. The Kier molecular flexibility index (Phi) is 5.77. The van der Waals surface area contributed by atoms with Gasteiger partial charge in [0.15, 0.2) is 0 Å². The van der Waals surface area contributed by atoms with Crippen LogP contribution in [0.1, 0.15) is 25.3 Å². The third kappa shape index (κ3) is 4.73. The zero-order chi connectivity index (χ0) is 15.9. The molecule has 1 aliphatic rings. The summed E-state index contributed by atoms with van der Waals surface area (Å²) in [4.78, 5) is 15.3. The molecule has 1 aromatic carbocycles. The van der Waals surface area contributed by atoms with Gasteiger partial charge < -0.3 is 20.9 Å². The molecule has 2 rings (SSSR count). The van der Waals surface area contributed by atoms with E-state index in [1.54, 1.807) is 19.1 Å². The standard InChI is InChI=1S/C16H23N3O3/c1-11(16(20)21)10-22-14-6-4-12(5-7-14)15(17)19-13-3-2-8-18-9-13/h4-7,11,13,18H,2-3,8-10H2,1H3,(H2,17,19)(H,20,21). The number of hydrogen-bond donors (Lipinski definition) is 3. The molecule has 0 saturated carbocycles. The van der Waals surface area contributed by atoms with Crippen LogP contribution in [-0.4, -0.2) is 42.6 Å². The predicted molar refractivity (Wildman–Crippen MR) is 85.4 cm³/mol. The topological polar surface area (TPSA) is 96.9 Å². The zero-order valence-corrected chi connectivity index (χ0v) is 12.8. The summed E-state index contributed by atoms with van der Waals surface area (Å²) in [6.07, 6.45) is 2.18. The van der Waals surface area contributed by atoms with Gasteiger partial charge >= 0.3 is 5.97 Å².